The Kier molecular flexibility index (Phi) is 6.82. The van der Waals surface area contributed by atoms with E-state index in [0.717, 1.165) is 10.8 Å². The molecule has 0 N–H and O–H groups in total. The molecule has 1 nitrogen and oxygen atoms in total. The number of hydrogen-bond acceptors (Lipinski definition) is 1. The van der Waals surface area contributed by atoms with Gasteiger partial charge in [0, 0.05) is 16.5 Å². The highest BCUT2D eigenvalue weighted by Gasteiger charge is 2.41. The third-order valence-corrected chi connectivity index (χ3v) is 12.8. The van der Waals surface area contributed by atoms with Crippen molar-refractivity contribution in [1.82, 2.24) is 0 Å². The van der Waals surface area contributed by atoms with Crippen LogP contribution in [0.2, 0.25) is 16.6 Å². The lowest BCUT2D eigenvalue weighted by molar-refractivity contribution is 0.103. The zero-order chi connectivity index (χ0) is 22.8. The zero-order valence-electron chi connectivity index (χ0n) is 19.3. The number of carbonyl (C=O) groups is 1. The standard InChI is InChI=1S/C28H31FOSi/c1-19(2)31(20(3)4,21(5)6)17-16-26-25-14-12-24(18-23(25)13-15-27(26)29)28(30)22-10-8-7-9-11-22/h7-15,18-21H,1-6H3. The summed E-state index contributed by atoms with van der Waals surface area (Å²) in [6.07, 6.45) is 0. The van der Waals surface area contributed by atoms with Crippen molar-refractivity contribution in [3.05, 3.63) is 83.2 Å². The summed E-state index contributed by atoms with van der Waals surface area (Å²) in [4.78, 5) is 12.8. The molecule has 0 saturated carbocycles. The van der Waals surface area contributed by atoms with Crippen LogP contribution in [-0.2, 0) is 0 Å². The van der Waals surface area contributed by atoms with E-state index in [1.807, 2.05) is 42.5 Å². The van der Waals surface area contributed by atoms with Crippen LogP contribution < -0.4 is 0 Å². The second-order valence-electron chi connectivity index (χ2n) is 9.20. The van der Waals surface area contributed by atoms with Crippen molar-refractivity contribution in [3.8, 4) is 11.5 Å². The second kappa shape index (κ2) is 9.20. The Balaban J connectivity index is 2.12. The van der Waals surface area contributed by atoms with Crippen LogP contribution in [0.15, 0.2) is 60.7 Å². The summed E-state index contributed by atoms with van der Waals surface area (Å²) in [5.41, 5.74) is 6.75. The minimum atomic E-state index is -1.98. The highest BCUT2D eigenvalue weighted by atomic mass is 28.3. The van der Waals surface area contributed by atoms with Gasteiger partial charge in [0.15, 0.2) is 5.78 Å². The molecule has 0 aliphatic carbocycles. The summed E-state index contributed by atoms with van der Waals surface area (Å²) in [6, 6.07) is 17.9. The number of fused-ring (bicyclic) bond motifs is 1. The molecule has 0 amide bonds. The van der Waals surface area contributed by atoms with Crippen LogP contribution in [0.1, 0.15) is 63.0 Å². The summed E-state index contributed by atoms with van der Waals surface area (Å²) in [6.45, 7) is 13.5. The van der Waals surface area contributed by atoms with Crippen molar-refractivity contribution in [2.45, 2.75) is 58.2 Å². The number of ketones is 1. The number of benzene rings is 3. The van der Waals surface area contributed by atoms with Crippen LogP contribution in [0.3, 0.4) is 0 Å². The van der Waals surface area contributed by atoms with E-state index < -0.39 is 8.07 Å². The predicted octanol–water partition coefficient (Wildman–Crippen LogP) is 7.78. The van der Waals surface area contributed by atoms with Gasteiger partial charge >= 0.3 is 0 Å². The van der Waals surface area contributed by atoms with Crippen LogP contribution in [-0.4, -0.2) is 13.9 Å². The fraction of sp³-hybridized carbons (Fsp3) is 0.321. The van der Waals surface area contributed by atoms with Gasteiger partial charge < -0.3 is 0 Å². The van der Waals surface area contributed by atoms with Crippen molar-refractivity contribution in [2.75, 3.05) is 0 Å². The normalized spacial score (nSPS) is 11.8. The van der Waals surface area contributed by atoms with Crippen LogP contribution in [0.25, 0.3) is 10.8 Å². The van der Waals surface area contributed by atoms with Gasteiger partial charge in [0.2, 0.25) is 0 Å². The zero-order valence-corrected chi connectivity index (χ0v) is 20.3. The molecule has 31 heavy (non-hydrogen) atoms. The van der Waals surface area contributed by atoms with Gasteiger partial charge in [0.1, 0.15) is 13.9 Å². The summed E-state index contributed by atoms with van der Waals surface area (Å²) >= 11 is 0. The monoisotopic (exact) mass is 430 g/mol. The Labute approximate surface area is 186 Å². The molecule has 3 heteroatoms. The molecule has 0 atom stereocenters. The van der Waals surface area contributed by atoms with Crippen molar-refractivity contribution in [2.24, 2.45) is 0 Å². The highest BCUT2D eigenvalue weighted by Crippen LogP contribution is 2.41. The maximum absolute atomic E-state index is 14.9. The van der Waals surface area contributed by atoms with Crippen molar-refractivity contribution < 1.29 is 9.18 Å². The van der Waals surface area contributed by atoms with Gasteiger partial charge in [0.05, 0.1) is 5.56 Å². The molecule has 0 fully saturated rings. The molecule has 3 aromatic rings. The third kappa shape index (κ3) is 4.36. The molecule has 0 radical (unpaired) electrons. The summed E-state index contributed by atoms with van der Waals surface area (Å²) in [5.74, 6) is 2.93. The minimum absolute atomic E-state index is 0.0368. The van der Waals surface area contributed by atoms with Gasteiger partial charge in [-0.15, -0.1) is 5.54 Å². The van der Waals surface area contributed by atoms with Gasteiger partial charge in [0.25, 0.3) is 0 Å². The SMILES string of the molecule is CC(C)[Si](C#Cc1c(F)ccc2cc(C(=O)c3ccccc3)ccc12)(C(C)C)C(C)C. The van der Waals surface area contributed by atoms with Crippen molar-refractivity contribution >= 4 is 24.6 Å². The number of rotatable bonds is 5. The fourth-order valence-electron chi connectivity index (χ4n) is 4.93. The number of hydrogen-bond donors (Lipinski definition) is 0. The smallest absolute Gasteiger partial charge is 0.193 e. The molecule has 0 aliphatic rings. The lowest BCUT2D eigenvalue weighted by atomic mass is 9.98. The lowest BCUT2D eigenvalue weighted by Crippen LogP contribution is -2.43. The molecule has 0 unspecified atom stereocenters. The molecule has 0 saturated heterocycles. The van der Waals surface area contributed by atoms with Gasteiger partial charge in [-0.05, 0) is 34.1 Å². The molecule has 3 aromatic carbocycles. The van der Waals surface area contributed by atoms with Crippen LogP contribution in [0.4, 0.5) is 4.39 Å². The van der Waals surface area contributed by atoms with E-state index in [2.05, 4.69) is 53.0 Å². The summed E-state index contributed by atoms with van der Waals surface area (Å²) < 4.78 is 14.9. The quantitative estimate of drug-likeness (QED) is 0.229. The summed E-state index contributed by atoms with van der Waals surface area (Å²) in [7, 11) is -1.98. The van der Waals surface area contributed by atoms with Gasteiger partial charge in [-0.1, -0.05) is 96.0 Å². The predicted molar refractivity (Wildman–Crippen MR) is 132 cm³/mol. The van der Waals surface area contributed by atoms with Crippen LogP contribution >= 0.6 is 0 Å². The van der Waals surface area contributed by atoms with E-state index in [0.29, 0.717) is 33.3 Å². The number of carbonyl (C=O) groups excluding carboxylic acids is 1. The molecule has 0 aliphatic heterocycles. The Hall–Kier alpha value is -2.70. The Morgan fingerprint density at radius 2 is 1.42 bits per heavy atom. The highest BCUT2D eigenvalue weighted by molar-refractivity contribution is 6.90. The first-order chi connectivity index (χ1) is 14.7. The molecular formula is C28H31FOSi. The first kappa shape index (κ1) is 23.0. The van der Waals surface area contributed by atoms with E-state index in [1.165, 1.54) is 6.07 Å². The van der Waals surface area contributed by atoms with E-state index in [1.54, 1.807) is 12.1 Å². The third-order valence-electron chi connectivity index (χ3n) is 6.54. The molecule has 0 heterocycles. The largest absolute Gasteiger partial charge is 0.289 e. The molecule has 0 aromatic heterocycles. The van der Waals surface area contributed by atoms with Crippen LogP contribution in [0, 0.1) is 17.3 Å². The van der Waals surface area contributed by atoms with E-state index in [-0.39, 0.29) is 11.6 Å². The minimum Gasteiger partial charge on any atom is -0.289 e. The van der Waals surface area contributed by atoms with E-state index in [4.69, 9.17) is 0 Å². The molecular weight excluding hydrogens is 399 g/mol. The number of halogens is 1. The lowest BCUT2D eigenvalue weighted by Gasteiger charge is -2.38. The first-order valence-electron chi connectivity index (χ1n) is 11.0. The van der Waals surface area contributed by atoms with Crippen molar-refractivity contribution in [3.63, 3.8) is 0 Å². The topological polar surface area (TPSA) is 17.1 Å². The molecule has 0 bridgehead atoms. The Morgan fingerprint density at radius 3 is 2.00 bits per heavy atom. The van der Waals surface area contributed by atoms with E-state index >= 15 is 0 Å². The van der Waals surface area contributed by atoms with Gasteiger partial charge in [-0.3, -0.25) is 4.79 Å². The fourth-order valence-corrected chi connectivity index (χ4v) is 10.1. The van der Waals surface area contributed by atoms with Crippen LogP contribution in [0.5, 0.6) is 0 Å². The average molecular weight is 431 g/mol. The summed E-state index contributed by atoms with van der Waals surface area (Å²) in [5, 5.41) is 1.59. The Bertz CT molecular complexity index is 1130. The maximum atomic E-state index is 14.9. The van der Waals surface area contributed by atoms with Gasteiger partial charge in [-0.2, -0.15) is 0 Å². The maximum Gasteiger partial charge on any atom is 0.193 e. The molecule has 0 spiro atoms. The Morgan fingerprint density at radius 1 is 0.806 bits per heavy atom. The van der Waals surface area contributed by atoms with Gasteiger partial charge in [-0.25, -0.2) is 4.39 Å². The average Bonchev–Trinajstić information content (AvgIpc) is 2.74. The molecule has 160 valence electrons. The first-order valence-corrected chi connectivity index (χ1v) is 13.3. The van der Waals surface area contributed by atoms with Crippen molar-refractivity contribution in [1.29, 1.82) is 0 Å². The second-order valence-corrected chi connectivity index (χ2v) is 14.8. The van der Waals surface area contributed by atoms with E-state index in [9.17, 15) is 9.18 Å². The molecule has 3 rings (SSSR count).